The first-order valence-corrected chi connectivity index (χ1v) is 12.2. The molecule has 0 aromatic carbocycles. The fourth-order valence-electron chi connectivity index (χ4n) is 10.4. The molecule has 0 aromatic heterocycles. The Hall–Kier alpha value is -0.610. The van der Waals surface area contributed by atoms with Gasteiger partial charge < -0.3 is 14.9 Å². The molecule has 5 saturated carbocycles. The van der Waals surface area contributed by atoms with Crippen molar-refractivity contribution >= 4 is 5.97 Å². The number of hydrogen-bond acceptors (Lipinski definition) is 3. The van der Waals surface area contributed by atoms with E-state index in [2.05, 4.69) is 20.8 Å². The number of carboxylic acids is 1. The van der Waals surface area contributed by atoms with Crippen molar-refractivity contribution in [1.29, 1.82) is 0 Å². The number of rotatable bonds is 1. The van der Waals surface area contributed by atoms with Crippen LogP contribution in [0.4, 0.5) is 0 Å². The Labute approximate surface area is 174 Å². The molecular formula is C25H38O4. The molecule has 6 aliphatic rings. The molecule has 0 amide bonds. The molecule has 0 radical (unpaired) electrons. The summed E-state index contributed by atoms with van der Waals surface area (Å²) in [4.78, 5) is 11.5. The monoisotopic (exact) mass is 402 g/mol. The lowest BCUT2D eigenvalue weighted by atomic mass is 9.46. The summed E-state index contributed by atoms with van der Waals surface area (Å²) >= 11 is 0. The molecule has 5 aliphatic carbocycles. The van der Waals surface area contributed by atoms with Gasteiger partial charge in [0, 0.05) is 0 Å². The second-order valence-electron chi connectivity index (χ2n) is 12.6. The Balaban J connectivity index is 1.31. The first-order valence-electron chi connectivity index (χ1n) is 12.2. The molecule has 0 bridgehead atoms. The minimum Gasteiger partial charge on any atom is -0.479 e. The maximum Gasteiger partial charge on any atom is 0.332 e. The fourth-order valence-corrected chi connectivity index (χ4v) is 10.4. The molecule has 162 valence electrons. The second-order valence-corrected chi connectivity index (χ2v) is 12.6. The lowest BCUT2D eigenvalue weighted by Gasteiger charge is -2.59. The van der Waals surface area contributed by atoms with Crippen LogP contribution in [0.15, 0.2) is 0 Å². The summed E-state index contributed by atoms with van der Waals surface area (Å²) in [5, 5.41) is 20.2. The minimum atomic E-state index is -0.774. The standard InChI is InChI=1S/C25H38O4/c1-22(2)19-7-5-14-16-12-18-15(4-6-17(29-18)21(27)28)23(16,3)10-11-24(14)13-25(19,24)9-8-20(22)26/h14-20,26H,4-13H2,1-3H3,(H,27,28)/t14?,15?,16?,17?,18?,19?,20-,23?,24-,25?/m0/s1. The lowest BCUT2D eigenvalue weighted by molar-refractivity contribution is -0.165. The maximum atomic E-state index is 11.5. The largest absolute Gasteiger partial charge is 0.479 e. The van der Waals surface area contributed by atoms with Crippen molar-refractivity contribution in [3.63, 3.8) is 0 Å². The predicted octanol–water partition coefficient (Wildman–Crippen LogP) is 4.64. The van der Waals surface area contributed by atoms with Gasteiger partial charge in [0.05, 0.1) is 12.2 Å². The molecule has 1 aliphatic heterocycles. The summed E-state index contributed by atoms with van der Waals surface area (Å²) in [6, 6.07) is 0. The average molecular weight is 403 g/mol. The van der Waals surface area contributed by atoms with Crippen LogP contribution in [0.25, 0.3) is 0 Å². The average Bonchev–Trinajstić information content (AvgIpc) is 3.25. The van der Waals surface area contributed by atoms with Crippen molar-refractivity contribution in [2.24, 2.45) is 45.3 Å². The molecule has 29 heavy (non-hydrogen) atoms. The number of aliphatic hydroxyl groups excluding tert-OH is 1. The number of hydrogen-bond donors (Lipinski definition) is 2. The first-order chi connectivity index (χ1) is 13.7. The molecule has 2 N–H and O–H groups in total. The van der Waals surface area contributed by atoms with Gasteiger partial charge in [-0.05, 0) is 110 Å². The van der Waals surface area contributed by atoms with Crippen molar-refractivity contribution < 1.29 is 19.7 Å². The van der Waals surface area contributed by atoms with Crippen LogP contribution in [0.3, 0.4) is 0 Å². The van der Waals surface area contributed by atoms with Gasteiger partial charge in [0.2, 0.25) is 0 Å². The number of fused-ring (bicyclic) bond motifs is 4. The van der Waals surface area contributed by atoms with Gasteiger partial charge in [-0.25, -0.2) is 4.79 Å². The molecule has 1 heterocycles. The molecule has 8 unspecified atom stereocenters. The van der Waals surface area contributed by atoms with Crippen molar-refractivity contribution in [2.75, 3.05) is 0 Å². The summed E-state index contributed by atoms with van der Waals surface area (Å²) in [5.74, 6) is 1.95. The number of carboxylic acid groups (broad SMARTS) is 1. The molecule has 6 fully saturated rings. The van der Waals surface area contributed by atoms with Crippen molar-refractivity contribution in [3.05, 3.63) is 0 Å². The highest BCUT2D eigenvalue weighted by Crippen LogP contribution is 2.87. The highest BCUT2D eigenvalue weighted by atomic mass is 16.5. The van der Waals surface area contributed by atoms with Gasteiger partial charge in [-0.15, -0.1) is 0 Å². The zero-order valence-electron chi connectivity index (χ0n) is 18.3. The minimum absolute atomic E-state index is 0.0505. The summed E-state index contributed by atoms with van der Waals surface area (Å²) in [5.41, 5.74) is 1.38. The van der Waals surface area contributed by atoms with Gasteiger partial charge in [0.15, 0.2) is 6.10 Å². The topological polar surface area (TPSA) is 66.8 Å². The van der Waals surface area contributed by atoms with Crippen LogP contribution < -0.4 is 0 Å². The Morgan fingerprint density at radius 2 is 1.66 bits per heavy atom. The number of aliphatic carboxylic acids is 1. The summed E-state index contributed by atoms with van der Waals surface area (Å²) in [6.45, 7) is 7.18. The van der Waals surface area contributed by atoms with E-state index in [0.29, 0.717) is 40.4 Å². The molecular weight excluding hydrogens is 364 g/mol. The van der Waals surface area contributed by atoms with Crippen LogP contribution in [0.5, 0.6) is 0 Å². The number of ether oxygens (including phenoxy) is 1. The Bertz CT molecular complexity index is 747. The van der Waals surface area contributed by atoms with Gasteiger partial charge in [0.25, 0.3) is 0 Å². The molecule has 4 heteroatoms. The Morgan fingerprint density at radius 1 is 0.897 bits per heavy atom. The first kappa shape index (κ1) is 19.1. The molecule has 0 aromatic rings. The summed E-state index contributed by atoms with van der Waals surface area (Å²) in [6.07, 6.45) is 11.1. The second kappa shape index (κ2) is 5.59. The van der Waals surface area contributed by atoms with Gasteiger partial charge in [-0.3, -0.25) is 0 Å². The number of aliphatic hydroxyl groups is 1. The van der Waals surface area contributed by atoms with E-state index in [1.165, 1.54) is 38.5 Å². The molecule has 2 spiro atoms. The van der Waals surface area contributed by atoms with E-state index in [1.807, 2.05) is 0 Å². The molecule has 6 rings (SSSR count). The van der Waals surface area contributed by atoms with Crippen LogP contribution in [0, 0.1) is 45.3 Å². The molecule has 1 saturated heterocycles. The van der Waals surface area contributed by atoms with Gasteiger partial charge >= 0.3 is 5.97 Å². The van der Waals surface area contributed by atoms with Crippen LogP contribution >= 0.6 is 0 Å². The normalized spacial score (nSPS) is 59.5. The van der Waals surface area contributed by atoms with E-state index in [0.717, 1.165) is 25.2 Å². The quantitative estimate of drug-likeness (QED) is 0.671. The van der Waals surface area contributed by atoms with Crippen LogP contribution in [0.2, 0.25) is 0 Å². The van der Waals surface area contributed by atoms with E-state index in [1.54, 1.807) is 0 Å². The van der Waals surface area contributed by atoms with Crippen molar-refractivity contribution in [3.8, 4) is 0 Å². The fraction of sp³-hybridized carbons (Fsp3) is 0.960. The van der Waals surface area contributed by atoms with E-state index < -0.39 is 12.1 Å². The summed E-state index contributed by atoms with van der Waals surface area (Å²) in [7, 11) is 0. The van der Waals surface area contributed by atoms with Gasteiger partial charge in [-0.2, -0.15) is 0 Å². The third-order valence-corrected chi connectivity index (χ3v) is 11.8. The Morgan fingerprint density at radius 3 is 2.41 bits per heavy atom. The van der Waals surface area contributed by atoms with E-state index in [9.17, 15) is 15.0 Å². The third kappa shape index (κ3) is 2.11. The highest BCUT2D eigenvalue weighted by molar-refractivity contribution is 5.72. The highest BCUT2D eigenvalue weighted by Gasteiger charge is 2.80. The lowest BCUT2D eigenvalue weighted by Crippen LogP contribution is -2.54. The third-order valence-electron chi connectivity index (χ3n) is 11.8. The molecule has 10 atom stereocenters. The van der Waals surface area contributed by atoms with E-state index in [4.69, 9.17) is 4.74 Å². The van der Waals surface area contributed by atoms with E-state index >= 15 is 0 Å². The smallest absolute Gasteiger partial charge is 0.332 e. The zero-order valence-corrected chi connectivity index (χ0v) is 18.3. The molecule has 4 nitrogen and oxygen atoms in total. The Kier molecular flexibility index (Phi) is 3.69. The summed E-state index contributed by atoms with van der Waals surface area (Å²) < 4.78 is 6.17. The maximum absolute atomic E-state index is 11.5. The number of carbonyl (C=O) groups is 1. The van der Waals surface area contributed by atoms with Gasteiger partial charge in [-0.1, -0.05) is 20.8 Å². The van der Waals surface area contributed by atoms with Crippen LogP contribution in [0.1, 0.15) is 85.0 Å². The van der Waals surface area contributed by atoms with Crippen molar-refractivity contribution in [1.82, 2.24) is 0 Å². The SMILES string of the molecule is CC12CC[C@@]34CC35CC[C@H](O)C(C)(C)C5CCC4C1CC1OC(C(=O)O)CCC12. The van der Waals surface area contributed by atoms with Gasteiger partial charge in [0.1, 0.15) is 0 Å². The van der Waals surface area contributed by atoms with Crippen LogP contribution in [-0.4, -0.2) is 34.5 Å². The predicted molar refractivity (Wildman–Crippen MR) is 109 cm³/mol. The van der Waals surface area contributed by atoms with Crippen LogP contribution in [-0.2, 0) is 9.53 Å². The van der Waals surface area contributed by atoms with E-state index in [-0.39, 0.29) is 17.6 Å². The van der Waals surface area contributed by atoms with Crippen molar-refractivity contribution in [2.45, 2.75) is 103 Å². The zero-order chi connectivity index (χ0) is 20.4.